The third-order valence-electron chi connectivity index (χ3n) is 4.89. The maximum absolute atomic E-state index is 12.7. The Kier molecular flexibility index (Phi) is 5.11. The lowest BCUT2D eigenvalue weighted by Gasteiger charge is -2.10. The summed E-state index contributed by atoms with van der Waals surface area (Å²) in [6.45, 7) is 4.15. The number of rotatable bonds is 5. The van der Waals surface area contributed by atoms with Crippen LogP contribution in [0.4, 0.5) is 5.69 Å². The standard InChI is InChI=1S/C23H21ClN2O2S/c1-15(2)16-5-10-21(11-6-16)29(27,28)26-20-8-3-17(4-9-20)23-14-18-13-19(24)7-12-22(18)25-23/h3-15,25-26H,1-2H3. The monoisotopic (exact) mass is 424 g/mol. The number of hydrogen-bond donors (Lipinski definition) is 2. The first-order chi connectivity index (χ1) is 13.8. The van der Waals surface area contributed by atoms with Crippen LogP contribution in [0.1, 0.15) is 25.3 Å². The molecule has 2 N–H and O–H groups in total. The number of halogens is 1. The summed E-state index contributed by atoms with van der Waals surface area (Å²) >= 11 is 6.05. The van der Waals surface area contributed by atoms with E-state index < -0.39 is 10.0 Å². The predicted molar refractivity (Wildman–Crippen MR) is 120 cm³/mol. The van der Waals surface area contributed by atoms with Gasteiger partial charge < -0.3 is 4.98 Å². The van der Waals surface area contributed by atoms with E-state index in [4.69, 9.17) is 11.6 Å². The Balaban J connectivity index is 1.55. The Hall–Kier alpha value is -2.76. The van der Waals surface area contributed by atoms with E-state index in [2.05, 4.69) is 23.6 Å². The second-order valence-electron chi connectivity index (χ2n) is 7.32. The zero-order chi connectivity index (χ0) is 20.6. The summed E-state index contributed by atoms with van der Waals surface area (Å²) in [7, 11) is -3.63. The van der Waals surface area contributed by atoms with E-state index in [-0.39, 0.29) is 4.90 Å². The molecule has 0 aliphatic carbocycles. The first-order valence-corrected chi connectivity index (χ1v) is 11.2. The highest BCUT2D eigenvalue weighted by atomic mass is 35.5. The highest BCUT2D eigenvalue weighted by Crippen LogP contribution is 2.28. The molecule has 6 heteroatoms. The molecule has 29 heavy (non-hydrogen) atoms. The third-order valence-corrected chi connectivity index (χ3v) is 6.52. The van der Waals surface area contributed by atoms with Crippen molar-refractivity contribution in [3.05, 3.63) is 83.4 Å². The molecule has 4 nitrogen and oxygen atoms in total. The number of aromatic amines is 1. The topological polar surface area (TPSA) is 62.0 Å². The molecular weight excluding hydrogens is 404 g/mol. The van der Waals surface area contributed by atoms with E-state index in [0.29, 0.717) is 16.6 Å². The average molecular weight is 425 g/mol. The molecule has 0 aliphatic rings. The fourth-order valence-electron chi connectivity index (χ4n) is 3.22. The molecule has 0 atom stereocenters. The van der Waals surface area contributed by atoms with E-state index in [1.807, 2.05) is 48.5 Å². The van der Waals surface area contributed by atoms with Gasteiger partial charge >= 0.3 is 0 Å². The van der Waals surface area contributed by atoms with Gasteiger partial charge in [-0.1, -0.05) is 49.7 Å². The van der Waals surface area contributed by atoms with Crippen LogP contribution in [-0.4, -0.2) is 13.4 Å². The number of anilines is 1. The number of sulfonamides is 1. The first-order valence-electron chi connectivity index (χ1n) is 9.33. The Morgan fingerprint density at radius 3 is 2.24 bits per heavy atom. The molecular formula is C23H21ClN2O2S. The minimum Gasteiger partial charge on any atom is -0.355 e. The molecule has 0 amide bonds. The smallest absolute Gasteiger partial charge is 0.261 e. The van der Waals surface area contributed by atoms with E-state index in [9.17, 15) is 8.42 Å². The molecule has 3 aromatic carbocycles. The lowest BCUT2D eigenvalue weighted by molar-refractivity contribution is 0.601. The highest BCUT2D eigenvalue weighted by molar-refractivity contribution is 7.92. The molecule has 1 heterocycles. The van der Waals surface area contributed by atoms with Gasteiger partial charge in [-0.3, -0.25) is 4.72 Å². The van der Waals surface area contributed by atoms with Crippen molar-refractivity contribution in [3.63, 3.8) is 0 Å². The molecule has 0 saturated heterocycles. The van der Waals surface area contributed by atoms with E-state index >= 15 is 0 Å². The summed E-state index contributed by atoms with van der Waals surface area (Å²) in [5.74, 6) is 0.355. The van der Waals surface area contributed by atoms with Crippen LogP contribution in [0, 0.1) is 0 Å². The quantitative estimate of drug-likeness (QED) is 0.388. The maximum atomic E-state index is 12.7. The summed E-state index contributed by atoms with van der Waals surface area (Å²) in [6.07, 6.45) is 0. The van der Waals surface area contributed by atoms with Crippen molar-refractivity contribution in [2.24, 2.45) is 0 Å². The molecule has 0 saturated carbocycles. The zero-order valence-electron chi connectivity index (χ0n) is 16.1. The number of aromatic nitrogens is 1. The van der Waals surface area contributed by atoms with Crippen LogP contribution >= 0.6 is 11.6 Å². The summed E-state index contributed by atoms with van der Waals surface area (Å²) in [4.78, 5) is 3.60. The summed E-state index contributed by atoms with van der Waals surface area (Å²) in [5.41, 5.74) is 4.52. The van der Waals surface area contributed by atoms with Gasteiger partial charge in [-0.25, -0.2) is 8.42 Å². The third kappa shape index (κ3) is 4.16. The van der Waals surface area contributed by atoms with Gasteiger partial charge in [0, 0.05) is 27.3 Å². The number of nitrogens with one attached hydrogen (secondary N) is 2. The fraction of sp³-hybridized carbons (Fsp3) is 0.130. The Bertz CT molecular complexity index is 1260. The second kappa shape index (κ2) is 7.58. The van der Waals surface area contributed by atoms with Crippen LogP contribution in [-0.2, 0) is 10.0 Å². The SMILES string of the molecule is CC(C)c1ccc(S(=O)(=O)Nc2ccc(-c3cc4cc(Cl)ccc4[nH]3)cc2)cc1. The molecule has 4 rings (SSSR count). The minimum atomic E-state index is -3.63. The Labute approximate surface area is 175 Å². The molecule has 0 bridgehead atoms. The van der Waals surface area contributed by atoms with Crippen LogP contribution < -0.4 is 4.72 Å². The van der Waals surface area contributed by atoms with Crippen LogP contribution in [0.15, 0.2) is 77.7 Å². The van der Waals surface area contributed by atoms with Crippen molar-refractivity contribution in [2.45, 2.75) is 24.7 Å². The van der Waals surface area contributed by atoms with Gasteiger partial charge in [-0.05, 0) is 65.6 Å². The molecule has 0 spiro atoms. The van der Waals surface area contributed by atoms with Crippen LogP contribution in [0.25, 0.3) is 22.2 Å². The van der Waals surface area contributed by atoms with Gasteiger partial charge in [0.15, 0.2) is 0 Å². The van der Waals surface area contributed by atoms with Crippen LogP contribution in [0.2, 0.25) is 5.02 Å². The van der Waals surface area contributed by atoms with E-state index in [0.717, 1.165) is 27.7 Å². The number of hydrogen-bond acceptors (Lipinski definition) is 2. The molecule has 148 valence electrons. The molecule has 0 radical (unpaired) electrons. The van der Waals surface area contributed by atoms with Gasteiger partial charge in [0.25, 0.3) is 10.0 Å². The van der Waals surface area contributed by atoms with Gasteiger partial charge in [0.2, 0.25) is 0 Å². The molecule has 0 aliphatic heterocycles. The number of H-pyrrole nitrogens is 1. The molecule has 1 aromatic heterocycles. The second-order valence-corrected chi connectivity index (χ2v) is 9.44. The van der Waals surface area contributed by atoms with Crippen LogP contribution in [0.5, 0.6) is 0 Å². The number of benzene rings is 3. The van der Waals surface area contributed by atoms with Crippen molar-refractivity contribution in [2.75, 3.05) is 4.72 Å². The molecule has 0 unspecified atom stereocenters. The minimum absolute atomic E-state index is 0.249. The van der Waals surface area contributed by atoms with Crippen molar-refractivity contribution in [1.29, 1.82) is 0 Å². The maximum Gasteiger partial charge on any atom is 0.261 e. The summed E-state index contributed by atoms with van der Waals surface area (Å²) < 4.78 is 28.0. The van der Waals surface area contributed by atoms with Crippen molar-refractivity contribution in [1.82, 2.24) is 4.98 Å². The van der Waals surface area contributed by atoms with Crippen LogP contribution in [0.3, 0.4) is 0 Å². The lowest BCUT2D eigenvalue weighted by Crippen LogP contribution is -2.12. The van der Waals surface area contributed by atoms with Gasteiger partial charge in [0.1, 0.15) is 0 Å². The predicted octanol–water partition coefficient (Wildman–Crippen LogP) is 6.41. The molecule has 0 fully saturated rings. The zero-order valence-corrected chi connectivity index (χ0v) is 17.7. The van der Waals surface area contributed by atoms with Crippen molar-refractivity contribution < 1.29 is 8.42 Å². The Morgan fingerprint density at radius 1 is 0.897 bits per heavy atom. The number of fused-ring (bicyclic) bond motifs is 1. The molecule has 4 aromatic rings. The van der Waals surface area contributed by atoms with Crippen molar-refractivity contribution >= 4 is 38.2 Å². The Morgan fingerprint density at radius 2 is 1.59 bits per heavy atom. The summed E-state index contributed by atoms with van der Waals surface area (Å²) in [6, 6.07) is 22.0. The largest absolute Gasteiger partial charge is 0.355 e. The average Bonchev–Trinajstić information content (AvgIpc) is 3.11. The van der Waals surface area contributed by atoms with Gasteiger partial charge in [0.05, 0.1) is 4.90 Å². The lowest BCUT2D eigenvalue weighted by atomic mass is 10.0. The highest BCUT2D eigenvalue weighted by Gasteiger charge is 2.14. The van der Waals surface area contributed by atoms with Gasteiger partial charge in [-0.2, -0.15) is 0 Å². The van der Waals surface area contributed by atoms with E-state index in [1.54, 1.807) is 24.3 Å². The first kappa shape index (κ1) is 19.6. The fourth-order valence-corrected chi connectivity index (χ4v) is 4.46. The van der Waals surface area contributed by atoms with E-state index in [1.165, 1.54) is 0 Å². The summed E-state index contributed by atoms with van der Waals surface area (Å²) in [5, 5.41) is 1.72. The van der Waals surface area contributed by atoms with Gasteiger partial charge in [-0.15, -0.1) is 0 Å². The van der Waals surface area contributed by atoms with Crippen molar-refractivity contribution in [3.8, 4) is 11.3 Å². The normalized spacial score (nSPS) is 11.9.